The van der Waals surface area contributed by atoms with E-state index in [1.165, 1.54) is 0 Å². The topological polar surface area (TPSA) is 64.7 Å². The van der Waals surface area contributed by atoms with E-state index in [-0.39, 0.29) is 23.3 Å². The van der Waals surface area contributed by atoms with Crippen molar-refractivity contribution in [2.75, 3.05) is 36.4 Å². The highest BCUT2D eigenvalue weighted by atomic mass is 32.1. The number of anilines is 2. The van der Waals surface area contributed by atoms with Crippen molar-refractivity contribution in [3.05, 3.63) is 60.2 Å². The molecule has 30 heavy (non-hydrogen) atoms. The first-order valence-electron chi connectivity index (χ1n) is 10.3. The van der Waals surface area contributed by atoms with Crippen LogP contribution < -0.4 is 15.5 Å². The molecule has 0 saturated carbocycles. The molecule has 1 saturated heterocycles. The van der Waals surface area contributed by atoms with Gasteiger partial charge in [-0.15, -0.1) is 0 Å². The second kappa shape index (κ2) is 10.7. The Morgan fingerprint density at radius 2 is 1.63 bits per heavy atom. The molecule has 2 N–H and O–H groups in total. The van der Waals surface area contributed by atoms with Crippen LogP contribution in [0.3, 0.4) is 0 Å². The summed E-state index contributed by atoms with van der Waals surface area (Å²) in [5.74, 6) is 0.102. The summed E-state index contributed by atoms with van der Waals surface area (Å²) in [6.45, 7) is 5.21. The first-order chi connectivity index (χ1) is 14.5. The second-order valence-corrected chi connectivity index (χ2v) is 7.74. The van der Waals surface area contributed by atoms with Crippen LogP contribution in [0.25, 0.3) is 0 Å². The average molecular weight is 425 g/mol. The fourth-order valence-electron chi connectivity index (χ4n) is 3.46. The lowest BCUT2D eigenvalue weighted by Crippen LogP contribution is -2.48. The highest BCUT2D eigenvalue weighted by Gasteiger charge is 2.20. The lowest BCUT2D eigenvalue weighted by Gasteiger charge is -2.36. The van der Waals surface area contributed by atoms with Crippen LogP contribution in [0.4, 0.5) is 11.4 Å². The molecular weight excluding hydrogens is 396 g/mol. The summed E-state index contributed by atoms with van der Waals surface area (Å²) >= 11 is 5.25. The van der Waals surface area contributed by atoms with Gasteiger partial charge in [0.25, 0.3) is 0 Å². The van der Waals surface area contributed by atoms with Gasteiger partial charge in [0, 0.05) is 44.0 Å². The molecule has 0 unspecified atom stereocenters. The van der Waals surface area contributed by atoms with Gasteiger partial charge in [-0.25, -0.2) is 0 Å². The maximum absolute atomic E-state index is 12.1. The van der Waals surface area contributed by atoms with E-state index in [4.69, 9.17) is 12.2 Å². The van der Waals surface area contributed by atoms with Crippen molar-refractivity contribution in [3.8, 4) is 0 Å². The molecule has 0 spiro atoms. The SMILES string of the molecule is CCCC(=O)N1CCN(c2ccc(NC(=S)NC(=O)Cc3ccccc3)cc2)CC1. The molecule has 1 aliphatic rings. The average Bonchev–Trinajstić information content (AvgIpc) is 2.75. The molecule has 0 aromatic heterocycles. The van der Waals surface area contributed by atoms with Crippen LogP contribution in [-0.2, 0) is 16.0 Å². The van der Waals surface area contributed by atoms with Crippen LogP contribution >= 0.6 is 12.2 Å². The van der Waals surface area contributed by atoms with E-state index in [0.717, 1.165) is 49.5 Å². The molecular formula is C23H28N4O2S. The number of hydrogen-bond donors (Lipinski definition) is 2. The van der Waals surface area contributed by atoms with Gasteiger partial charge >= 0.3 is 0 Å². The molecule has 7 heteroatoms. The summed E-state index contributed by atoms with van der Waals surface area (Å²) in [4.78, 5) is 28.4. The molecule has 3 rings (SSSR count). The monoisotopic (exact) mass is 424 g/mol. The zero-order chi connectivity index (χ0) is 21.3. The van der Waals surface area contributed by atoms with E-state index in [0.29, 0.717) is 6.42 Å². The smallest absolute Gasteiger partial charge is 0.230 e. The Hall–Kier alpha value is -2.93. The Bertz CT molecular complexity index is 863. The minimum absolute atomic E-state index is 0.147. The Morgan fingerprint density at radius 3 is 2.27 bits per heavy atom. The van der Waals surface area contributed by atoms with Gasteiger partial charge in [-0.2, -0.15) is 0 Å². The van der Waals surface area contributed by atoms with Crippen molar-refractivity contribution in [3.63, 3.8) is 0 Å². The largest absolute Gasteiger partial charge is 0.368 e. The van der Waals surface area contributed by atoms with Crippen molar-refractivity contribution in [1.82, 2.24) is 10.2 Å². The summed E-state index contributed by atoms with van der Waals surface area (Å²) < 4.78 is 0. The Kier molecular flexibility index (Phi) is 7.79. The number of rotatable bonds is 6. The van der Waals surface area contributed by atoms with Crippen molar-refractivity contribution in [1.29, 1.82) is 0 Å². The van der Waals surface area contributed by atoms with Crippen LogP contribution in [0, 0.1) is 0 Å². The normalized spacial score (nSPS) is 13.6. The first kappa shape index (κ1) is 21.8. The van der Waals surface area contributed by atoms with Crippen LogP contribution in [0.5, 0.6) is 0 Å². The van der Waals surface area contributed by atoms with E-state index >= 15 is 0 Å². The third kappa shape index (κ3) is 6.29. The number of piperazine rings is 1. The minimum atomic E-state index is -0.147. The zero-order valence-corrected chi connectivity index (χ0v) is 18.1. The summed E-state index contributed by atoms with van der Waals surface area (Å²) in [5, 5.41) is 6.05. The maximum atomic E-state index is 12.1. The predicted molar refractivity (Wildman–Crippen MR) is 125 cm³/mol. The lowest BCUT2D eigenvalue weighted by atomic mass is 10.1. The molecule has 1 heterocycles. The van der Waals surface area contributed by atoms with E-state index in [1.807, 2.05) is 66.4 Å². The number of nitrogens with zero attached hydrogens (tertiary/aromatic N) is 2. The molecule has 0 aliphatic carbocycles. The molecule has 2 aromatic rings. The number of carbonyl (C=O) groups is 2. The van der Waals surface area contributed by atoms with Crippen LogP contribution in [-0.4, -0.2) is 48.0 Å². The van der Waals surface area contributed by atoms with E-state index < -0.39 is 0 Å². The number of thiocarbonyl (C=S) groups is 1. The second-order valence-electron chi connectivity index (χ2n) is 7.33. The highest BCUT2D eigenvalue weighted by Crippen LogP contribution is 2.20. The molecule has 2 aromatic carbocycles. The van der Waals surface area contributed by atoms with Gasteiger partial charge in [-0.3, -0.25) is 9.59 Å². The van der Waals surface area contributed by atoms with Gasteiger partial charge in [0.15, 0.2) is 5.11 Å². The molecule has 1 aliphatic heterocycles. The van der Waals surface area contributed by atoms with Crippen molar-refractivity contribution < 1.29 is 9.59 Å². The molecule has 158 valence electrons. The Balaban J connectivity index is 1.46. The summed E-state index contributed by atoms with van der Waals surface area (Å²) in [7, 11) is 0. The van der Waals surface area contributed by atoms with E-state index in [1.54, 1.807) is 0 Å². The molecule has 0 atom stereocenters. The molecule has 0 bridgehead atoms. The summed E-state index contributed by atoms with van der Waals surface area (Å²) in [5.41, 5.74) is 2.88. The van der Waals surface area contributed by atoms with Crippen LogP contribution in [0.15, 0.2) is 54.6 Å². The van der Waals surface area contributed by atoms with Crippen molar-refractivity contribution in [2.45, 2.75) is 26.2 Å². The third-order valence-electron chi connectivity index (χ3n) is 5.05. The Labute approximate surface area is 183 Å². The number of nitrogens with one attached hydrogen (secondary N) is 2. The van der Waals surface area contributed by atoms with Gasteiger partial charge in [-0.05, 0) is 48.5 Å². The predicted octanol–water partition coefficient (Wildman–Crippen LogP) is 3.19. The summed E-state index contributed by atoms with van der Waals surface area (Å²) in [6, 6.07) is 17.5. The number of carbonyl (C=O) groups excluding carboxylic acids is 2. The van der Waals surface area contributed by atoms with Crippen molar-refractivity contribution in [2.24, 2.45) is 0 Å². The molecule has 1 fully saturated rings. The number of benzene rings is 2. The van der Waals surface area contributed by atoms with Gasteiger partial charge in [0.05, 0.1) is 6.42 Å². The first-order valence-corrected chi connectivity index (χ1v) is 10.7. The van der Waals surface area contributed by atoms with Crippen LogP contribution in [0.1, 0.15) is 25.3 Å². The van der Waals surface area contributed by atoms with E-state index in [9.17, 15) is 9.59 Å². The maximum Gasteiger partial charge on any atom is 0.230 e. The van der Waals surface area contributed by atoms with Gasteiger partial charge in [-0.1, -0.05) is 37.3 Å². The van der Waals surface area contributed by atoms with Crippen LogP contribution in [0.2, 0.25) is 0 Å². The van der Waals surface area contributed by atoms with Gasteiger partial charge < -0.3 is 20.4 Å². The van der Waals surface area contributed by atoms with E-state index in [2.05, 4.69) is 15.5 Å². The fourth-order valence-corrected chi connectivity index (χ4v) is 3.69. The fraction of sp³-hybridized carbons (Fsp3) is 0.348. The highest BCUT2D eigenvalue weighted by molar-refractivity contribution is 7.80. The third-order valence-corrected chi connectivity index (χ3v) is 5.25. The van der Waals surface area contributed by atoms with Gasteiger partial charge in [0.1, 0.15) is 0 Å². The molecule has 0 radical (unpaired) electrons. The zero-order valence-electron chi connectivity index (χ0n) is 17.3. The number of amides is 2. The standard InChI is InChI=1S/C23H28N4O2S/c1-2-6-22(29)27-15-13-26(14-16-27)20-11-9-19(10-12-20)24-23(30)25-21(28)17-18-7-4-3-5-8-18/h3-5,7-12H,2,6,13-17H2,1H3,(H2,24,25,28,30). The molecule has 2 amide bonds. The Morgan fingerprint density at radius 1 is 0.967 bits per heavy atom. The lowest BCUT2D eigenvalue weighted by molar-refractivity contribution is -0.131. The molecule has 6 nitrogen and oxygen atoms in total. The summed E-state index contributed by atoms with van der Waals surface area (Å²) in [6.07, 6.45) is 1.80. The van der Waals surface area contributed by atoms with Crippen molar-refractivity contribution >= 4 is 40.5 Å². The minimum Gasteiger partial charge on any atom is -0.368 e. The quantitative estimate of drug-likeness (QED) is 0.698. The number of hydrogen-bond acceptors (Lipinski definition) is 4. The van der Waals surface area contributed by atoms with Gasteiger partial charge in [0.2, 0.25) is 11.8 Å².